The van der Waals surface area contributed by atoms with Crippen molar-refractivity contribution in [3.63, 3.8) is 0 Å². The van der Waals surface area contributed by atoms with Crippen LogP contribution in [0.1, 0.15) is 32.4 Å². The summed E-state index contributed by atoms with van der Waals surface area (Å²) in [6.07, 6.45) is -5.10. The molecule has 0 aliphatic rings. The number of hydrogen-bond acceptors (Lipinski definition) is 3. The second kappa shape index (κ2) is 7.69. The lowest BCUT2D eigenvalue weighted by molar-refractivity contribution is -0.136. The van der Waals surface area contributed by atoms with Gasteiger partial charge in [0.05, 0.1) is 17.3 Å². The minimum Gasteiger partial charge on any atom is -0.478 e. The van der Waals surface area contributed by atoms with Crippen LogP contribution >= 0.6 is 11.6 Å². The van der Waals surface area contributed by atoms with Gasteiger partial charge in [-0.2, -0.15) is 13.2 Å². The first-order valence-corrected chi connectivity index (χ1v) is 6.74. The molecule has 20 heavy (non-hydrogen) atoms. The normalized spacial score (nSPS) is 11.9. The number of alkyl halides is 3. The van der Waals surface area contributed by atoms with E-state index in [-0.39, 0.29) is 24.9 Å². The number of hydrogen-bond donors (Lipinski definition) is 1. The third kappa shape index (κ3) is 6.96. The van der Waals surface area contributed by atoms with Gasteiger partial charge in [-0.1, -0.05) is 25.4 Å². The third-order valence-electron chi connectivity index (χ3n) is 2.43. The van der Waals surface area contributed by atoms with Crippen molar-refractivity contribution >= 4 is 11.6 Å². The number of rotatable bonds is 7. The fraction of sp³-hybridized carbons (Fsp3) is 0.615. The summed E-state index contributed by atoms with van der Waals surface area (Å²) in [4.78, 5) is 4.18. The van der Waals surface area contributed by atoms with E-state index in [1.54, 1.807) is 12.1 Å². The van der Waals surface area contributed by atoms with E-state index in [2.05, 4.69) is 10.3 Å². The highest BCUT2D eigenvalue weighted by Crippen LogP contribution is 2.22. The summed E-state index contributed by atoms with van der Waals surface area (Å²) in [6.45, 7) is 4.44. The molecule has 7 heteroatoms. The van der Waals surface area contributed by atoms with Gasteiger partial charge in [0.15, 0.2) is 0 Å². The van der Waals surface area contributed by atoms with Crippen molar-refractivity contribution in [3.8, 4) is 5.88 Å². The Morgan fingerprint density at radius 1 is 1.35 bits per heavy atom. The number of ether oxygens (including phenoxy) is 1. The van der Waals surface area contributed by atoms with Crippen molar-refractivity contribution < 1.29 is 17.9 Å². The summed E-state index contributed by atoms with van der Waals surface area (Å²) in [7, 11) is 0. The summed E-state index contributed by atoms with van der Waals surface area (Å²) in [6, 6.07) is 3.46. The second-order valence-corrected chi connectivity index (χ2v) is 5.09. The molecule has 1 heterocycles. The van der Waals surface area contributed by atoms with E-state index >= 15 is 0 Å². The minimum atomic E-state index is -4.15. The molecule has 1 rings (SSSR count). The summed E-state index contributed by atoms with van der Waals surface area (Å²) < 4.78 is 41.1. The molecule has 0 bridgehead atoms. The number of nitrogens with zero attached hydrogens (tertiary/aromatic N) is 1. The molecule has 1 aromatic heterocycles. The van der Waals surface area contributed by atoms with Crippen molar-refractivity contribution in [1.82, 2.24) is 10.3 Å². The molecule has 0 atom stereocenters. The van der Waals surface area contributed by atoms with Gasteiger partial charge in [0.1, 0.15) is 0 Å². The second-order valence-electron chi connectivity index (χ2n) is 4.68. The van der Waals surface area contributed by atoms with Gasteiger partial charge in [-0.15, -0.1) is 0 Å². The van der Waals surface area contributed by atoms with E-state index in [0.29, 0.717) is 17.3 Å². The molecule has 0 fully saturated rings. The molecule has 0 unspecified atom stereocenters. The Morgan fingerprint density at radius 2 is 2.05 bits per heavy atom. The van der Waals surface area contributed by atoms with Crippen LogP contribution in [0.15, 0.2) is 12.1 Å². The van der Waals surface area contributed by atoms with E-state index in [1.165, 1.54) is 0 Å². The number of nitrogens with one attached hydrogen (secondary N) is 1. The molecule has 1 aromatic rings. The first-order chi connectivity index (χ1) is 9.28. The molecule has 0 aromatic carbocycles. The topological polar surface area (TPSA) is 34.2 Å². The van der Waals surface area contributed by atoms with Gasteiger partial charge in [0, 0.05) is 25.1 Å². The van der Waals surface area contributed by atoms with Crippen molar-refractivity contribution in [1.29, 1.82) is 0 Å². The Kier molecular flexibility index (Phi) is 6.55. The summed E-state index contributed by atoms with van der Waals surface area (Å²) in [5.74, 6) is 0.289. The van der Waals surface area contributed by atoms with Crippen LogP contribution in [0.5, 0.6) is 5.88 Å². The van der Waals surface area contributed by atoms with Crippen molar-refractivity contribution in [3.05, 3.63) is 22.8 Å². The highest BCUT2D eigenvalue weighted by molar-refractivity contribution is 6.31. The highest BCUT2D eigenvalue weighted by atomic mass is 35.5. The lowest BCUT2D eigenvalue weighted by Gasteiger charge is -2.11. The lowest BCUT2D eigenvalue weighted by atomic mass is 10.3. The Morgan fingerprint density at radius 3 is 2.65 bits per heavy atom. The molecule has 0 spiro atoms. The molecule has 0 saturated carbocycles. The van der Waals surface area contributed by atoms with Crippen LogP contribution in [0.2, 0.25) is 5.02 Å². The molecular formula is C13H18ClF3N2O. The van der Waals surface area contributed by atoms with E-state index in [4.69, 9.17) is 16.3 Å². The molecule has 114 valence electrons. The van der Waals surface area contributed by atoms with Gasteiger partial charge in [-0.05, 0) is 12.5 Å². The predicted octanol–water partition coefficient (Wildman–Crippen LogP) is 3.95. The van der Waals surface area contributed by atoms with Crippen LogP contribution in [0.25, 0.3) is 0 Å². The summed E-state index contributed by atoms with van der Waals surface area (Å²) in [5, 5.41) is 3.67. The average Bonchev–Trinajstić information content (AvgIpc) is 2.33. The summed E-state index contributed by atoms with van der Waals surface area (Å²) in [5.41, 5.74) is 0.619. The van der Waals surface area contributed by atoms with Gasteiger partial charge in [0.2, 0.25) is 5.88 Å². The van der Waals surface area contributed by atoms with Gasteiger partial charge in [-0.3, -0.25) is 0 Å². The molecule has 0 aliphatic carbocycles. The van der Waals surface area contributed by atoms with Crippen LogP contribution in [-0.4, -0.2) is 23.8 Å². The van der Waals surface area contributed by atoms with Crippen LogP contribution in [0.4, 0.5) is 13.2 Å². The Bertz CT molecular complexity index is 425. The molecule has 3 nitrogen and oxygen atoms in total. The lowest BCUT2D eigenvalue weighted by Crippen LogP contribution is -2.22. The third-order valence-corrected chi connectivity index (χ3v) is 2.77. The molecule has 0 saturated heterocycles. The average molecular weight is 311 g/mol. The molecule has 0 aliphatic heterocycles. The van der Waals surface area contributed by atoms with Gasteiger partial charge >= 0.3 is 6.18 Å². The zero-order chi connectivity index (χ0) is 15.2. The largest absolute Gasteiger partial charge is 0.478 e. The van der Waals surface area contributed by atoms with E-state index in [9.17, 15) is 13.2 Å². The van der Waals surface area contributed by atoms with Gasteiger partial charge in [0.25, 0.3) is 0 Å². The Balaban J connectivity index is 2.48. The fourth-order valence-electron chi connectivity index (χ4n) is 1.42. The maximum absolute atomic E-state index is 12.0. The zero-order valence-electron chi connectivity index (χ0n) is 11.4. The Hall–Kier alpha value is -1.01. The van der Waals surface area contributed by atoms with E-state index in [0.717, 1.165) is 0 Å². The zero-order valence-corrected chi connectivity index (χ0v) is 12.2. The monoisotopic (exact) mass is 310 g/mol. The number of aromatic nitrogens is 1. The quantitative estimate of drug-likeness (QED) is 0.774. The first kappa shape index (κ1) is 17.0. The van der Waals surface area contributed by atoms with Crippen LogP contribution in [0, 0.1) is 0 Å². The molecule has 0 radical (unpaired) electrons. The van der Waals surface area contributed by atoms with Crippen LogP contribution in [-0.2, 0) is 6.54 Å². The maximum Gasteiger partial charge on any atom is 0.389 e. The first-order valence-electron chi connectivity index (χ1n) is 6.36. The smallest absolute Gasteiger partial charge is 0.389 e. The van der Waals surface area contributed by atoms with E-state index < -0.39 is 12.6 Å². The molecular weight excluding hydrogens is 293 g/mol. The predicted molar refractivity (Wildman–Crippen MR) is 72.0 cm³/mol. The SMILES string of the molecule is CC(C)NCc1nc(OCCCC(F)(F)F)ccc1Cl. The standard InChI is InChI=1S/C13H18ClF3N2O/c1-9(2)18-8-11-10(14)4-5-12(19-11)20-7-3-6-13(15,16)17/h4-5,9,18H,3,6-8H2,1-2H3. The fourth-order valence-corrected chi connectivity index (χ4v) is 1.59. The minimum absolute atomic E-state index is 0.0226. The maximum atomic E-state index is 12.0. The van der Waals surface area contributed by atoms with Gasteiger partial charge in [-0.25, -0.2) is 4.98 Å². The van der Waals surface area contributed by atoms with Crippen molar-refractivity contribution in [2.75, 3.05) is 6.61 Å². The molecule has 0 amide bonds. The van der Waals surface area contributed by atoms with Crippen LogP contribution < -0.4 is 10.1 Å². The van der Waals surface area contributed by atoms with Crippen molar-refractivity contribution in [2.24, 2.45) is 0 Å². The molecule has 1 N–H and O–H groups in total. The van der Waals surface area contributed by atoms with Gasteiger partial charge < -0.3 is 10.1 Å². The van der Waals surface area contributed by atoms with Crippen LogP contribution in [0.3, 0.4) is 0 Å². The van der Waals surface area contributed by atoms with E-state index in [1.807, 2.05) is 13.8 Å². The number of halogens is 4. The number of pyridine rings is 1. The van der Waals surface area contributed by atoms with Crippen molar-refractivity contribution in [2.45, 2.75) is 45.5 Å². The summed E-state index contributed by atoms with van der Waals surface area (Å²) >= 11 is 5.99. The highest BCUT2D eigenvalue weighted by Gasteiger charge is 2.26. The Labute approximate surface area is 121 Å².